The molecule has 1 aromatic heterocycles. The highest BCUT2D eigenvalue weighted by molar-refractivity contribution is 6.05. The molecule has 1 saturated heterocycles. The normalized spacial score (nSPS) is 32.9. The maximum absolute atomic E-state index is 15.2. The van der Waals surface area contributed by atoms with Gasteiger partial charge in [-0.3, -0.25) is 9.59 Å². The zero-order valence-electron chi connectivity index (χ0n) is 24.9. The molecule has 0 spiro atoms. The number of carbonyl (C=O) groups is 2. The van der Waals surface area contributed by atoms with Crippen LogP contribution in [0.2, 0.25) is 0 Å². The number of amides is 2. The van der Waals surface area contributed by atoms with Crippen LogP contribution in [0.15, 0.2) is 60.8 Å². The van der Waals surface area contributed by atoms with E-state index in [-0.39, 0.29) is 30.5 Å². The maximum Gasteiger partial charge on any atom is 0.239 e. The van der Waals surface area contributed by atoms with Crippen LogP contribution in [0.1, 0.15) is 70.1 Å². The molecule has 5 fully saturated rings. The predicted molar refractivity (Wildman–Crippen MR) is 161 cm³/mol. The standard InChI is InChI=1S/C35H43N3O4/c1-34(2)41-20-29(31(42-34)23-9-5-4-6-10-23)38(30-24-14-21-13-22(16-24)17-25(30)15-21)33(40)35(3,32(36)39)18-26-19-37-28-12-8-7-11-27(26)28/h4-12,19,21-22,24-25,29-31,37H,13-18,20H2,1-3H3,(H2,36,39)/t21?,22?,24?,25?,29?,30?,31-,35?/m0/s1. The van der Waals surface area contributed by atoms with E-state index >= 15 is 4.79 Å². The second-order valence-electron chi connectivity index (χ2n) is 14.1. The minimum absolute atomic E-state index is 0.0385. The number of nitrogens with one attached hydrogen (secondary N) is 1. The van der Waals surface area contributed by atoms with Crippen molar-refractivity contribution in [2.24, 2.45) is 34.8 Å². The van der Waals surface area contributed by atoms with E-state index in [4.69, 9.17) is 15.2 Å². The van der Waals surface area contributed by atoms with Crippen molar-refractivity contribution in [2.75, 3.05) is 6.61 Å². The summed E-state index contributed by atoms with van der Waals surface area (Å²) in [6.45, 7) is 5.94. The van der Waals surface area contributed by atoms with E-state index in [2.05, 4.69) is 22.0 Å². The van der Waals surface area contributed by atoms with E-state index < -0.39 is 17.1 Å². The summed E-state index contributed by atoms with van der Waals surface area (Å²) in [5, 5.41) is 1.01. The van der Waals surface area contributed by atoms with Gasteiger partial charge in [0.1, 0.15) is 11.5 Å². The highest BCUT2D eigenvalue weighted by Gasteiger charge is 2.57. The summed E-state index contributed by atoms with van der Waals surface area (Å²) >= 11 is 0. The quantitative estimate of drug-likeness (QED) is 0.354. The van der Waals surface area contributed by atoms with Crippen molar-refractivity contribution >= 4 is 22.7 Å². The van der Waals surface area contributed by atoms with Crippen LogP contribution in [0.3, 0.4) is 0 Å². The zero-order valence-corrected chi connectivity index (χ0v) is 24.9. The zero-order chi connectivity index (χ0) is 29.2. The Balaban J connectivity index is 1.33. The number of H-pyrrole nitrogens is 1. The van der Waals surface area contributed by atoms with E-state index in [1.807, 2.05) is 62.5 Å². The van der Waals surface area contributed by atoms with E-state index in [1.165, 1.54) is 6.42 Å². The van der Waals surface area contributed by atoms with Crippen molar-refractivity contribution < 1.29 is 19.1 Å². The number of rotatable bonds is 7. The minimum atomic E-state index is -1.44. The third-order valence-electron chi connectivity index (χ3n) is 10.8. The Labute approximate surface area is 248 Å². The Morgan fingerprint density at radius 1 is 0.976 bits per heavy atom. The predicted octanol–water partition coefficient (Wildman–Crippen LogP) is 5.75. The van der Waals surface area contributed by atoms with Gasteiger partial charge in [0.25, 0.3) is 0 Å². The van der Waals surface area contributed by atoms with Crippen LogP contribution in [0.25, 0.3) is 10.9 Å². The molecule has 2 amide bonds. The van der Waals surface area contributed by atoms with E-state index in [9.17, 15) is 4.79 Å². The summed E-state index contributed by atoms with van der Waals surface area (Å²) in [6, 6.07) is 17.8. The number of fused-ring (bicyclic) bond motifs is 1. The number of carbonyl (C=O) groups excluding carboxylic acids is 2. The van der Waals surface area contributed by atoms with Crippen LogP contribution in [-0.4, -0.2) is 46.2 Å². The van der Waals surface area contributed by atoms with Gasteiger partial charge in [0.15, 0.2) is 5.79 Å². The topological polar surface area (TPSA) is 97.6 Å². The summed E-state index contributed by atoms with van der Waals surface area (Å²) < 4.78 is 12.9. The Morgan fingerprint density at radius 3 is 2.29 bits per heavy atom. The number of nitrogens with two attached hydrogens (primary N) is 1. The highest BCUT2D eigenvalue weighted by atomic mass is 16.7. The first-order chi connectivity index (χ1) is 20.1. The number of aromatic nitrogens is 1. The van der Waals surface area contributed by atoms with Crippen molar-refractivity contribution in [3.63, 3.8) is 0 Å². The Bertz CT molecular complexity index is 1450. The van der Waals surface area contributed by atoms with Crippen molar-refractivity contribution in [2.45, 2.75) is 83.3 Å². The largest absolute Gasteiger partial charge is 0.369 e. The van der Waals surface area contributed by atoms with Crippen LogP contribution >= 0.6 is 0 Å². The Kier molecular flexibility index (Phi) is 6.74. The van der Waals surface area contributed by atoms with Crippen LogP contribution in [0.5, 0.6) is 0 Å². The molecule has 1 aliphatic heterocycles. The molecular formula is C35H43N3O4. The summed E-state index contributed by atoms with van der Waals surface area (Å²) in [5.74, 6) is 0.738. The fourth-order valence-corrected chi connectivity index (χ4v) is 9.02. The second kappa shape index (κ2) is 10.2. The molecule has 7 nitrogen and oxygen atoms in total. The van der Waals surface area contributed by atoms with Crippen LogP contribution in [0, 0.1) is 29.1 Å². The summed E-state index contributed by atoms with van der Waals surface area (Å²) in [5.41, 5.74) is 7.67. The van der Waals surface area contributed by atoms with Gasteiger partial charge in [-0.1, -0.05) is 48.5 Å². The highest BCUT2D eigenvalue weighted by Crippen LogP contribution is 2.56. The molecule has 222 valence electrons. The second-order valence-corrected chi connectivity index (χ2v) is 14.1. The molecule has 3 N–H and O–H groups in total. The number of hydrogen-bond donors (Lipinski definition) is 2. The Morgan fingerprint density at radius 2 is 1.62 bits per heavy atom. The molecule has 3 aromatic rings. The number of benzene rings is 2. The molecular weight excluding hydrogens is 526 g/mol. The number of primary amides is 1. The SMILES string of the molecule is CC1(C)OCC(N(C(=O)C(C)(Cc2c[nH]c3ccccc23)C(N)=O)C2C3CC4CC(C3)CC2C4)[C@H](c2ccccc2)O1. The molecule has 4 bridgehead atoms. The van der Waals surface area contributed by atoms with Gasteiger partial charge < -0.3 is 25.1 Å². The molecule has 42 heavy (non-hydrogen) atoms. The summed E-state index contributed by atoms with van der Waals surface area (Å²) in [7, 11) is 0. The first-order valence-electron chi connectivity index (χ1n) is 15.7. The summed E-state index contributed by atoms with van der Waals surface area (Å²) in [6.07, 6.45) is 7.66. The smallest absolute Gasteiger partial charge is 0.239 e. The molecule has 8 rings (SSSR count). The lowest BCUT2D eigenvalue weighted by atomic mass is 9.53. The fourth-order valence-electron chi connectivity index (χ4n) is 9.02. The average molecular weight is 570 g/mol. The number of ether oxygens (including phenoxy) is 2. The Hall–Kier alpha value is -3.16. The van der Waals surface area contributed by atoms with Gasteiger partial charge in [-0.25, -0.2) is 0 Å². The minimum Gasteiger partial charge on any atom is -0.369 e. The van der Waals surface area contributed by atoms with Crippen molar-refractivity contribution in [1.29, 1.82) is 0 Å². The fraction of sp³-hybridized carbons (Fsp3) is 0.543. The lowest BCUT2D eigenvalue weighted by molar-refractivity contribution is -0.301. The lowest BCUT2D eigenvalue weighted by Gasteiger charge is -2.60. The van der Waals surface area contributed by atoms with Gasteiger partial charge in [-0.15, -0.1) is 0 Å². The van der Waals surface area contributed by atoms with E-state index in [0.717, 1.165) is 59.5 Å². The molecule has 3 atom stereocenters. The maximum atomic E-state index is 15.2. The molecule has 4 saturated carbocycles. The molecule has 0 radical (unpaired) electrons. The molecule has 2 aromatic carbocycles. The van der Waals surface area contributed by atoms with Gasteiger partial charge >= 0.3 is 0 Å². The van der Waals surface area contributed by atoms with Crippen molar-refractivity contribution in [3.05, 3.63) is 71.9 Å². The van der Waals surface area contributed by atoms with E-state index in [0.29, 0.717) is 18.4 Å². The van der Waals surface area contributed by atoms with Gasteiger partial charge in [-0.05, 0) is 100 Å². The summed E-state index contributed by atoms with van der Waals surface area (Å²) in [4.78, 5) is 34.1. The number of para-hydroxylation sites is 1. The van der Waals surface area contributed by atoms with Crippen molar-refractivity contribution in [3.8, 4) is 0 Å². The molecule has 4 aliphatic carbocycles. The third-order valence-corrected chi connectivity index (χ3v) is 10.8. The van der Waals surface area contributed by atoms with Gasteiger partial charge in [0.05, 0.1) is 12.6 Å². The van der Waals surface area contributed by atoms with Gasteiger partial charge in [-0.2, -0.15) is 0 Å². The van der Waals surface area contributed by atoms with Crippen molar-refractivity contribution in [1.82, 2.24) is 9.88 Å². The van der Waals surface area contributed by atoms with Gasteiger partial charge in [0.2, 0.25) is 11.8 Å². The molecule has 2 heterocycles. The lowest BCUT2D eigenvalue weighted by Crippen LogP contribution is -2.67. The monoisotopic (exact) mass is 569 g/mol. The van der Waals surface area contributed by atoms with Crippen LogP contribution < -0.4 is 5.73 Å². The first-order valence-corrected chi connectivity index (χ1v) is 15.7. The first kappa shape index (κ1) is 27.7. The molecule has 7 heteroatoms. The van der Waals surface area contributed by atoms with Crippen LogP contribution in [0.4, 0.5) is 0 Å². The molecule has 5 aliphatic rings. The molecule has 2 unspecified atom stereocenters. The van der Waals surface area contributed by atoms with Crippen LogP contribution in [-0.2, 0) is 25.5 Å². The average Bonchev–Trinajstić information content (AvgIpc) is 3.37. The number of aromatic amines is 1. The number of hydrogen-bond acceptors (Lipinski definition) is 4. The third kappa shape index (κ3) is 4.65. The van der Waals surface area contributed by atoms with E-state index in [1.54, 1.807) is 6.92 Å². The number of nitrogens with zero attached hydrogens (tertiary/aromatic N) is 1. The van der Waals surface area contributed by atoms with Gasteiger partial charge in [0, 0.05) is 23.1 Å².